The van der Waals surface area contributed by atoms with E-state index in [1.165, 1.54) is 16.6 Å². The Morgan fingerprint density at radius 2 is 1.94 bits per heavy atom. The fraction of sp³-hybridized carbons (Fsp3) is 0.583. The van der Waals surface area contributed by atoms with Crippen LogP contribution in [-0.4, -0.2) is 30.8 Å². The van der Waals surface area contributed by atoms with E-state index in [0.29, 0.717) is 24.9 Å². The maximum atomic E-state index is 12.5. The first-order chi connectivity index (χ1) is 8.41. The number of hydrogen-bond donors (Lipinski definition) is 1. The number of aromatic nitrogens is 1. The third-order valence-corrected chi connectivity index (χ3v) is 5.13. The average molecular weight is 269 g/mol. The minimum absolute atomic E-state index is 0.0726. The van der Waals surface area contributed by atoms with E-state index in [4.69, 9.17) is 5.73 Å². The zero-order chi connectivity index (χ0) is 13.3. The molecule has 1 aliphatic rings. The molecule has 0 saturated carbocycles. The molecule has 0 spiro atoms. The van der Waals surface area contributed by atoms with Crippen molar-refractivity contribution in [2.75, 3.05) is 18.8 Å². The molecule has 2 unspecified atom stereocenters. The van der Waals surface area contributed by atoms with Gasteiger partial charge in [0.2, 0.25) is 10.0 Å². The SMILES string of the molecule is CC1CC(C)CN(S(=O)(=O)c2cccnc2N)C1. The fourth-order valence-electron chi connectivity index (χ4n) is 2.56. The Balaban J connectivity index is 2.34. The van der Waals surface area contributed by atoms with E-state index < -0.39 is 10.0 Å². The number of nitrogens with two attached hydrogens (primary N) is 1. The van der Waals surface area contributed by atoms with Gasteiger partial charge in [0.15, 0.2) is 0 Å². The zero-order valence-corrected chi connectivity index (χ0v) is 11.5. The van der Waals surface area contributed by atoms with Crippen molar-refractivity contribution in [3.63, 3.8) is 0 Å². The molecule has 5 nitrogen and oxygen atoms in total. The number of rotatable bonds is 2. The molecule has 1 saturated heterocycles. The smallest absolute Gasteiger partial charge is 0.246 e. The molecule has 1 fully saturated rings. The van der Waals surface area contributed by atoms with E-state index in [0.717, 1.165) is 6.42 Å². The summed E-state index contributed by atoms with van der Waals surface area (Å²) < 4.78 is 26.5. The second kappa shape index (κ2) is 4.85. The summed E-state index contributed by atoms with van der Waals surface area (Å²) in [5.74, 6) is 0.825. The van der Waals surface area contributed by atoms with Crippen LogP contribution in [0.4, 0.5) is 5.82 Å². The summed E-state index contributed by atoms with van der Waals surface area (Å²) in [7, 11) is -3.51. The average Bonchev–Trinajstić information content (AvgIpc) is 2.28. The van der Waals surface area contributed by atoms with Crippen LogP contribution in [0.25, 0.3) is 0 Å². The molecule has 100 valence electrons. The van der Waals surface area contributed by atoms with Gasteiger partial charge in [0.1, 0.15) is 10.7 Å². The molecule has 2 heterocycles. The Kier molecular flexibility index (Phi) is 3.59. The van der Waals surface area contributed by atoms with Gasteiger partial charge in [-0.15, -0.1) is 0 Å². The predicted molar refractivity (Wildman–Crippen MR) is 70.4 cm³/mol. The van der Waals surface area contributed by atoms with Gasteiger partial charge in [0.25, 0.3) is 0 Å². The second-order valence-corrected chi connectivity index (χ2v) is 7.06. The van der Waals surface area contributed by atoms with E-state index in [1.54, 1.807) is 6.07 Å². The summed E-state index contributed by atoms with van der Waals surface area (Å²) in [5, 5.41) is 0. The lowest BCUT2D eigenvalue weighted by Gasteiger charge is -2.34. The van der Waals surface area contributed by atoms with E-state index >= 15 is 0 Å². The Bertz CT molecular complexity index is 520. The summed E-state index contributed by atoms with van der Waals surface area (Å²) in [5.41, 5.74) is 5.67. The van der Waals surface area contributed by atoms with Gasteiger partial charge in [-0.2, -0.15) is 4.31 Å². The number of nitrogen functional groups attached to an aromatic ring is 1. The number of piperidine rings is 1. The molecule has 1 aromatic heterocycles. The first-order valence-electron chi connectivity index (χ1n) is 6.12. The van der Waals surface area contributed by atoms with Gasteiger partial charge >= 0.3 is 0 Å². The Hall–Kier alpha value is -1.14. The summed E-state index contributed by atoms with van der Waals surface area (Å²) in [6, 6.07) is 3.11. The molecule has 0 bridgehead atoms. The lowest BCUT2D eigenvalue weighted by Crippen LogP contribution is -2.42. The van der Waals surface area contributed by atoms with Gasteiger partial charge in [0.05, 0.1) is 0 Å². The van der Waals surface area contributed by atoms with E-state index in [9.17, 15) is 8.42 Å². The second-order valence-electron chi connectivity index (χ2n) is 5.15. The monoisotopic (exact) mass is 269 g/mol. The van der Waals surface area contributed by atoms with Gasteiger partial charge in [-0.1, -0.05) is 13.8 Å². The van der Waals surface area contributed by atoms with E-state index in [1.807, 2.05) is 0 Å². The van der Waals surface area contributed by atoms with Crippen LogP contribution in [0.2, 0.25) is 0 Å². The third-order valence-electron chi connectivity index (χ3n) is 3.25. The Labute approximate surface area is 108 Å². The van der Waals surface area contributed by atoms with E-state index in [-0.39, 0.29) is 10.7 Å². The van der Waals surface area contributed by atoms with Crippen molar-refractivity contribution in [2.24, 2.45) is 11.8 Å². The standard InChI is InChI=1S/C12H19N3O2S/c1-9-6-10(2)8-15(7-9)18(16,17)11-4-3-5-14-12(11)13/h3-5,9-10H,6-8H2,1-2H3,(H2,13,14). The maximum Gasteiger partial charge on any atom is 0.246 e. The van der Waals surface area contributed by atoms with Gasteiger partial charge < -0.3 is 5.73 Å². The zero-order valence-electron chi connectivity index (χ0n) is 10.7. The third kappa shape index (κ3) is 2.49. The molecular formula is C12H19N3O2S. The van der Waals surface area contributed by atoms with Crippen LogP contribution >= 0.6 is 0 Å². The minimum atomic E-state index is -3.51. The first-order valence-corrected chi connectivity index (χ1v) is 7.56. The quantitative estimate of drug-likeness (QED) is 0.878. The predicted octanol–water partition coefficient (Wildman–Crippen LogP) is 1.33. The van der Waals surface area contributed by atoms with Crippen LogP contribution in [0.5, 0.6) is 0 Å². The van der Waals surface area contributed by atoms with Crippen molar-refractivity contribution < 1.29 is 8.42 Å². The molecule has 0 aromatic carbocycles. The van der Waals surface area contributed by atoms with Crippen LogP contribution in [0, 0.1) is 11.8 Å². The van der Waals surface area contributed by atoms with Crippen molar-refractivity contribution in [1.29, 1.82) is 0 Å². The Morgan fingerprint density at radius 1 is 1.33 bits per heavy atom. The summed E-state index contributed by atoms with van der Waals surface area (Å²) >= 11 is 0. The highest BCUT2D eigenvalue weighted by molar-refractivity contribution is 7.89. The molecule has 2 atom stereocenters. The van der Waals surface area contributed by atoms with Gasteiger partial charge in [-0.3, -0.25) is 0 Å². The van der Waals surface area contributed by atoms with Crippen molar-refractivity contribution >= 4 is 15.8 Å². The van der Waals surface area contributed by atoms with Gasteiger partial charge in [0, 0.05) is 19.3 Å². The largest absolute Gasteiger partial charge is 0.383 e. The molecule has 18 heavy (non-hydrogen) atoms. The van der Waals surface area contributed by atoms with E-state index in [2.05, 4.69) is 18.8 Å². The highest BCUT2D eigenvalue weighted by Gasteiger charge is 2.32. The summed E-state index contributed by atoms with van der Waals surface area (Å²) in [6.45, 7) is 5.26. The minimum Gasteiger partial charge on any atom is -0.383 e. The molecule has 0 amide bonds. The topological polar surface area (TPSA) is 76.3 Å². The summed E-state index contributed by atoms with van der Waals surface area (Å²) in [4.78, 5) is 3.97. The molecule has 1 aromatic rings. The van der Waals surface area contributed by atoms with Gasteiger partial charge in [-0.25, -0.2) is 13.4 Å². The normalized spacial score (nSPS) is 26.1. The highest BCUT2D eigenvalue weighted by Crippen LogP contribution is 2.28. The van der Waals surface area contributed by atoms with Crippen LogP contribution in [0.1, 0.15) is 20.3 Å². The molecule has 1 aliphatic heterocycles. The number of pyridine rings is 1. The van der Waals surface area contributed by atoms with Crippen LogP contribution in [0.3, 0.4) is 0 Å². The molecule has 6 heteroatoms. The van der Waals surface area contributed by atoms with Crippen molar-refractivity contribution in [3.05, 3.63) is 18.3 Å². The van der Waals surface area contributed by atoms with Crippen molar-refractivity contribution in [1.82, 2.24) is 9.29 Å². The van der Waals surface area contributed by atoms with Crippen molar-refractivity contribution in [3.8, 4) is 0 Å². The molecule has 2 rings (SSSR count). The molecule has 0 radical (unpaired) electrons. The molecule has 2 N–H and O–H groups in total. The van der Waals surface area contributed by atoms with Crippen LogP contribution in [0.15, 0.2) is 23.2 Å². The van der Waals surface area contributed by atoms with Crippen LogP contribution < -0.4 is 5.73 Å². The number of anilines is 1. The lowest BCUT2D eigenvalue weighted by molar-refractivity contribution is 0.222. The number of sulfonamides is 1. The highest BCUT2D eigenvalue weighted by atomic mass is 32.2. The number of hydrogen-bond acceptors (Lipinski definition) is 4. The Morgan fingerprint density at radius 3 is 2.50 bits per heavy atom. The van der Waals surface area contributed by atoms with Crippen molar-refractivity contribution in [2.45, 2.75) is 25.2 Å². The first kappa shape index (κ1) is 13.3. The lowest BCUT2D eigenvalue weighted by atomic mass is 9.94. The fourth-order valence-corrected chi connectivity index (χ4v) is 4.31. The molecule has 0 aliphatic carbocycles. The van der Waals surface area contributed by atoms with Crippen LogP contribution in [-0.2, 0) is 10.0 Å². The maximum absolute atomic E-state index is 12.5. The van der Waals surface area contributed by atoms with Gasteiger partial charge in [-0.05, 0) is 30.4 Å². The summed E-state index contributed by atoms with van der Waals surface area (Å²) in [6.07, 6.45) is 2.56. The number of nitrogens with zero attached hydrogens (tertiary/aromatic N) is 2. The molecular weight excluding hydrogens is 250 g/mol.